The molecule has 0 aliphatic heterocycles. The number of aromatic nitrogens is 3. The maximum Gasteiger partial charge on any atom is 1.00 e. The van der Waals surface area contributed by atoms with Gasteiger partial charge in [-0.1, -0.05) is 42.9 Å². The van der Waals surface area contributed by atoms with Crippen LogP contribution in [0, 0.1) is 13.5 Å². The van der Waals surface area contributed by atoms with Crippen molar-refractivity contribution in [2.45, 2.75) is 6.92 Å². The minimum Gasteiger partial charge on any atom is -0.298 e. The third kappa shape index (κ3) is 2.28. The summed E-state index contributed by atoms with van der Waals surface area (Å²) >= 11 is 0. The minimum absolute atomic E-state index is 0. The summed E-state index contributed by atoms with van der Waals surface area (Å²) in [6, 6.07) is 16.2. The number of nitrogens with zero attached hydrogens (tertiary/aromatic N) is 3. The summed E-state index contributed by atoms with van der Waals surface area (Å²) in [5.74, 6) is 0. The van der Waals surface area contributed by atoms with Gasteiger partial charge in [0.15, 0.2) is 0 Å². The molecule has 3 nitrogen and oxygen atoms in total. The van der Waals surface area contributed by atoms with Crippen molar-refractivity contribution in [3.8, 4) is 0 Å². The van der Waals surface area contributed by atoms with Crippen molar-refractivity contribution in [2.24, 2.45) is 0 Å². The third-order valence-corrected chi connectivity index (χ3v) is 2.83. The van der Waals surface area contributed by atoms with Crippen molar-refractivity contribution in [3.05, 3.63) is 66.2 Å². The molecule has 0 aliphatic carbocycles. The Kier molecular flexibility index (Phi) is 3.76. The molecule has 0 atom stereocenters. The molecular weight excluding hydrogens is 217 g/mol. The van der Waals surface area contributed by atoms with E-state index < -0.39 is 0 Å². The summed E-state index contributed by atoms with van der Waals surface area (Å²) in [6.45, 7) is 4.09. The van der Waals surface area contributed by atoms with E-state index in [9.17, 15) is 0 Å². The van der Waals surface area contributed by atoms with Crippen molar-refractivity contribution >= 4 is 11.0 Å². The number of fused-ring (bicyclic) bond motifs is 1. The van der Waals surface area contributed by atoms with Crippen molar-refractivity contribution in [1.29, 1.82) is 0 Å². The summed E-state index contributed by atoms with van der Waals surface area (Å²) in [6.07, 6.45) is 0. The molecule has 0 aliphatic rings. The largest absolute Gasteiger partial charge is 1.00 e. The Bertz CT molecular complexity index is 661. The van der Waals surface area contributed by atoms with Crippen LogP contribution in [0.25, 0.3) is 11.0 Å². The molecule has 0 amide bonds. The van der Waals surface area contributed by atoms with Crippen LogP contribution in [0.4, 0.5) is 0 Å². The first-order valence-electron chi connectivity index (χ1n) is 5.55. The van der Waals surface area contributed by atoms with Gasteiger partial charge in [-0.25, -0.2) is 0 Å². The van der Waals surface area contributed by atoms with Crippen molar-refractivity contribution < 1.29 is 18.9 Å². The predicted octanol–water partition coefficient (Wildman–Crippen LogP) is -0.198. The van der Waals surface area contributed by atoms with Crippen LogP contribution in [0.1, 0.15) is 11.1 Å². The van der Waals surface area contributed by atoms with E-state index in [-0.39, 0.29) is 18.9 Å². The molecule has 84 valence electrons. The van der Waals surface area contributed by atoms with Crippen molar-refractivity contribution in [3.63, 3.8) is 0 Å². The summed E-state index contributed by atoms with van der Waals surface area (Å²) in [7, 11) is 0. The van der Waals surface area contributed by atoms with E-state index in [1.54, 1.807) is 0 Å². The number of rotatable bonds is 2. The fourth-order valence-corrected chi connectivity index (χ4v) is 1.85. The van der Waals surface area contributed by atoms with Gasteiger partial charge in [-0.15, -0.1) is 34.4 Å². The first-order chi connectivity index (χ1) is 8.34. The van der Waals surface area contributed by atoms with Crippen LogP contribution >= 0.6 is 0 Å². The van der Waals surface area contributed by atoms with Gasteiger partial charge >= 0.3 is 18.9 Å². The molecule has 3 rings (SSSR count). The summed E-state index contributed by atoms with van der Waals surface area (Å²) in [5, 5.41) is 8.27. The van der Waals surface area contributed by atoms with Crippen molar-refractivity contribution in [2.75, 3.05) is 0 Å². The van der Waals surface area contributed by atoms with Gasteiger partial charge in [0, 0.05) is 5.52 Å². The molecule has 0 bridgehead atoms. The zero-order chi connectivity index (χ0) is 11.7. The Balaban J connectivity index is 0.00000120. The number of benzene rings is 2. The van der Waals surface area contributed by atoms with E-state index in [0.717, 1.165) is 16.6 Å². The van der Waals surface area contributed by atoms with Gasteiger partial charge in [0.05, 0.1) is 5.52 Å². The Labute approximate surface area is 118 Å². The Morgan fingerprint density at radius 2 is 1.72 bits per heavy atom. The molecule has 18 heavy (non-hydrogen) atoms. The van der Waals surface area contributed by atoms with E-state index >= 15 is 0 Å². The zero-order valence-corrected chi connectivity index (χ0v) is 10.5. The van der Waals surface area contributed by atoms with E-state index in [0.29, 0.717) is 0 Å². The predicted molar refractivity (Wildman–Crippen MR) is 67.5 cm³/mol. The van der Waals surface area contributed by atoms with E-state index in [1.807, 2.05) is 47.6 Å². The molecule has 1 heterocycles. The van der Waals surface area contributed by atoms with Crippen LogP contribution in [0.3, 0.4) is 0 Å². The maximum atomic E-state index is 4.14. The first kappa shape index (κ1) is 12.8. The van der Waals surface area contributed by atoms with Crippen LogP contribution in [0.15, 0.2) is 48.5 Å². The smallest absolute Gasteiger partial charge is 0.298 e. The standard InChI is InChI=1S/C14H12N3.Li/c1-11-6-2-3-7-12(11)10-17-14-9-5-4-8-13(14)15-16-17;/h2-10H,1H3;/q-1;+1. The van der Waals surface area contributed by atoms with E-state index in [1.165, 1.54) is 5.56 Å². The van der Waals surface area contributed by atoms with E-state index in [2.05, 4.69) is 29.4 Å². The fraction of sp³-hybridized carbons (Fsp3) is 0.0714. The number of hydrogen-bond donors (Lipinski definition) is 0. The number of hydrogen-bond acceptors (Lipinski definition) is 2. The van der Waals surface area contributed by atoms with Crippen molar-refractivity contribution in [1.82, 2.24) is 15.0 Å². The van der Waals surface area contributed by atoms with Gasteiger partial charge in [-0.3, -0.25) is 4.68 Å². The number of para-hydroxylation sites is 1. The van der Waals surface area contributed by atoms with Crippen LogP contribution in [-0.2, 0) is 0 Å². The van der Waals surface area contributed by atoms with Gasteiger partial charge in [0.1, 0.15) is 0 Å². The topological polar surface area (TPSA) is 30.7 Å². The molecule has 3 aromatic rings. The Hall–Kier alpha value is -1.69. The molecule has 0 saturated carbocycles. The Morgan fingerprint density at radius 1 is 1.00 bits per heavy atom. The molecule has 1 aromatic heterocycles. The minimum atomic E-state index is 0. The second-order valence-electron chi connectivity index (χ2n) is 4.01. The van der Waals surface area contributed by atoms with Gasteiger partial charge in [-0.2, -0.15) is 0 Å². The SMILES string of the molecule is Cc1ccccc1[CH-]n1nnc2ccccc21.[Li+]. The van der Waals surface area contributed by atoms with Gasteiger partial charge in [0.25, 0.3) is 0 Å². The molecule has 4 heteroatoms. The van der Waals surface area contributed by atoms with Crippen LogP contribution < -0.4 is 18.9 Å². The van der Waals surface area contributed by atoms with Crippen LogP contribution in [0.5, 0.6) is 0 Å². The fourth-order valence-electron chi connectivity index (χ4n) is 1.85. The molecule has 0 fully saturated rings. The summed E-state index contributed by atoms with van der Waals surface area (Å²) in [4.78, 5) is 0. The van der Waals surface area contributed by atoms with E-state index in [4.69, 9.17) is 0 Å². The zero-order valence-electron chi connectivity index (χ0n) is 10.5. The average Bonchev–Trinajstić information content (AvgIpc) is 2.76. The second-order valence-corrected chi connectivity index (χ2v) is 4.01. The average molecular weight is 229 g/mol. The quantitative estimate of drug-likeness (QED) is 0.450. The molecule has 2 aromatic carbocycles. The maximum absolute atomic E-state index is 4.14. The number of aryl methyl sites for hydroxylation is 1. The normalized spacial score (nSPS) is 10.1. The summed E-state index contributed by atoms with van der Waals surface area (Å²) < 4.78 is 1.82. The molecular formula is C14H12LiN3. The van der Waals surface area contributed by atoms with Crippen LogP contribution in [0.2, 0.25) is 0 Å². The van der Waals surface area contributed by atoms with Crippen LogP contribution in [-0.4, -0.2) is 15.0 Å². The second kappa shape index (κ2) is 5.30. The van der Waals surface area contributed by atoms with Gasteiger partial charge < -0.3 is 0 Å². The van der Waals surface area contributed by atoms with Gasteiger partial charge in [0.2, 0.25) is 0 Å². The molecule has 0 radical (unpaired) electrons. The molecule has 0 unspecified atom stereocenters. The molecule has 0 N–H and O–H groups in total. The third-order valence-electron chi connectivity index (χ3n) is 2.83. The first-order valence-corrected chi connectivity index (χ1v) is 5.55. The Morgan fingerprint density at radius 3 is 2.56 bits per heavy atom. The van der Waals surface area contributed by atoms with Gasteiger partial charge in [-0.05, 0) is 6.07 Å². The molecule has 0 spiro atoms. The summed E-state index contributed by atoms with van der Waals surface area (Å²) in [5.41, 5.74) is 4.32. The monoisotopic (exact) mass is 229 g/mol. The molecule has 0 saturated heterocycles.